The van der Waals surface area contributed by atoms with Crippen molar-refractivity contribution in [2.45, 2.75) is 102 Å². The third kappa shape index (κ3) is 7.45. The third-order valence-electron chi connectivity index (χ3n) is 12.1. The van der Waals surface area contributed by atoms with Crippen LogP contribution in [0.2, 0.25) is 0 Å². The molecule has 2 amide bonds. The van der Waals surface area contributed by atoms with Gasteiger partial charge in [-0.2, -0.15) is 0 Å². The molecule has 0 heterocycles. The molecule has 49 heavy (non-hydrogen) atoms. The van der Waals surface area contributed by atoms with Crippen molar-refractivity contribution in [2.75, 3.05) is 17.1 Å². The van der Waals surface area contributed by atoms with Crippen LogP contribution in [0.3, 0.4) is 0 Å². The summed E-state index contributed by atoms with van der Waals surface area (Å²) in [6.45, 7) is 1.81. The molecule has 8 heteroatoms. The lowest BCUT2D eigenvalue weighted by atomic mass is 9.48. The van der Waals surface area contributed by atoms with E-state index in [4.69, 9.17) is 0 Å². The first-order valence-corrected chi connectivity index (χ1v) is 20.2. The predicted molar refractivity (Wildman–Crippen MR) is 195 cm³/mol. The Morgan fingerprint density at radius 2 is 1.43 bits per heavy atom. The van der Waals surface area contributed by atoms with Gasteiger partial charge < -0.3 is 10.2 Å². The topological polar surface area (TPSA) is 86.8 Å². The second-order valence-corrected chi connectivity index (χ2v) is 17.6. The average molecular weight is 682 g/mol. The SMILES string of the molecule is Cc1ccccc1CN(C(=O)CN(c1ccc(C23CC4CC(CC(C4)C2)C3)cc1)S(C)(=O)=O)C(Cc1ccccc1)C(=O)NC1CCCC1. The minimum absolute atomic E-state index is 0.0844. The molecule has 260 valence electrons. The Morgan fingerprint density at radius 3 is 2.02 bits per heavy atom. The van der Waals surface area contributed by atoms with Crippen LogP contribution in [0.5, 0.6) is 0 Å². The van der Waals surface area contributed by atoms with Crippen molar-refractivity contribution < 1.29 is 18.0 Å². The fourth-order valence-electron chi connectivity index (χ4n) is 9.95. The Hall–Kier alpha value is -3.65. The third-order valence-corrected chi connectivity index (χ3v) is 13.2. The van der Waals surface area contributed by atoms with Crippen molar-refractivity contribution in [3.63, 3.8) is 0 Å². The number of hydrogen-bond acceptors (Lipinski definition) is 4. The minimum atomic E-state index is -3.82. The molecule has 7 nitrogen and oxygen atoms in total. The molecule has 0 aromatic heterocycles. The smallest absolute Gasteiger partial charge is 0.244 e. The highest BCUT2D eigenvalue weighted by Gasteiger charge is 2.51. The van der Waals surface area contributed by atoms with Crippen molar-refractivity contribution in [1.82, 2.24) is 10.2 Å². The van der Waals surface area contributed by atoms with Gasteiger partial charge in [0.05, 0.1) is 11.9 Å². The standard InChI is InChI=1S/C41H51N3O4S/c1-29-10-6-7-13-34(29)27-43(38(23-30-11-4-3-5-12-30)40(46)42-36-14-8-9-15-36)39(45)28-44(49(2,47)48)37-18-16-35(17-19-37)41-24-31-20-32(25-41)22-33(21-31)26-41/h3-7,10-13,16-19,31-33,36,38H,8-9,14-15,20-28H2,1-2H3,(H,42,46). The zero-order valence-electron chi connectivity index (χ0n) is 29.0. The first-order valence-electron chi connectivity index (χ1n) is 18.3. The average Bonchev–Trinajstić information content (AvgIpc) is 3.58. The van der Waals surface area contributed by atoms with Crippen LogP contribution in [0.1, 0.15) is 86.5 Å². The molecule has 3 aromatic carbocycles. The van der Waals surface area contributed by atoms with Crippen molar-refractivity contribution in [2.24, 2.45) is 17.8 Å². The van der Waals surface area contributed by atoms with E-state index in [-0.39, 0.29) is 30.5 Å². The molecule has 0 radical (unpaired) electrons. The summed E-state index contributed by atoms with van der Waals surface area (Å²) in [6, 6.07) is 24.9. The predicted octanol–water partition coefficient (Wildman–Crippen LogP) is 6.93. The monoisotopic (exact) mass is 681 g/mol. The van der Waals surface area contributed by atoms with E-state index in [2.05, 4.69) is 17.4 Å². The van der Waals surface area contributed by atoms with Gasteiger partial charge in [-0.05, 0) is 116 Å². The number of nitrogens with one attached hydrogen (secondary N) is 1. The second kappa shape index (κ2) is 13.9. The van der Waals surface area contributed by atoms with Crippen molar-refractivity contribution in [3.05, 3.63) is 101 Å². The summed E-state index contributed by atoms with van der Waals surface area (Å²) in [5.74, 6) is 1.84. The zero-order chi connectivity index (χ0) is 34.2. The first kappa shape index (κ1) is 33.8. The van der Waals surface area contributed by atoms with E-state index in [0.29, 0.717) is 12.1 Å². The van der Waals surface area contributed by atoms with Gasteiger partial charge in [-0.3, -0.25) is 13.9 Å². The molecule has 5 fully saturated rings. The molecule has 4 bridgehead atoms. The summed E-state index contributed by atoms with van der Waals surface area (Å²) >= 11 is 0. The normalized spacial score (nSPS) is 25.2. The molecule has 0 saturated heterocycles. The number of rotatable bonds is 12. The quantitative estimate of drug-likeness (QED) is 0.225. The van der Waals surface area contributed by atoms with Gasteiger partial charge in [0.15, 0.2) is 0 Å². The van der Waals surface area contributed by atoms with Crippen LogP contribution in [-0.2, 0) is 38.0 Å². The van der Waals surface area contributed by atoms with E-state index in [1.165, 1.54) is 48.4 Å². The lowest BCUT2D eigenvalue weighted by molar-refractivity contribution is -0.140. The highest BCUT2D eigenvalue weighted by atomic mass is 32.2. The molecule has 5 aliphatic rings. The number of hydrogen-bond donors (Lipinski definition) is 1. The number of benzene rings is 3. The summed E-state index contributed by atoms with van der Waals surface area (Å²) < 4.78 is 28.0. The molecule has 1 unspecified atom stereocenters. The van der Waals surface area contributed by atoms with Gasteiger partial charge in [-0.1, -0.05) is 79.6 Å². The van der Waals surface area contributed by atoms with Gasteiger partial charge in [-0.25, -0.2) is 8.42 Å². The van der Waals surface area contributed by atoms with Crippen LogP contribution in [0, 0.1) is 24.7 Å². The number of anilines is 1. The van der Waals surface area contributed by atoms with E-state index in [0.717, 1.165) is 66.4 Å². The zero-order valence-corrected chi connectivity index (χ0v) is 29.8. The maximum Gasteiger partial charge on any atom is 0.244 e. The van der Waals surface area contributed by atoms with Crippen LogP contribution in [0.15, 0.2) is 78.9 Å². The number of carbonyl (C=O) groups is 2. The van der Waals surface area contributed by atoms with Crippen LogP contribution in [0.25, 0.3) is 0 Å². The molecule has 3 aromatic rings. The molecule has 1 atom stereocenters. The molecular formula is C41H51N3O4S. The van der Waals surface area contributed by atoms with E-state index in [9.17, 15) is 18.0 Å². The number of amides is 2. The Bertz CT molecular complexity index is 1720. The fraction of sp³-hybridized carbons (Fsp3) is 0.512. The maximum absolute atomic E-state index is 14.6. The summed E-state index contributed by atoms with van der Waals surface area (Å²) in [4.78, 5) is 30.4. The number of aryl methyl sites for hydroxylation is 1. The van der Waals surface area contributed by atoms with E-state index < -0.39 is 22.0 Å². The van der Waals surface area contributed by atoms with Crippen molar-refractivity contribution >= 4 is 27.5 Å². The summed E-state index contributed by atoms with van der Waals surface area (Å²) in [5, 5.41) is 3.25. The Labute approximate surface area is 292 Å². The van der Waals surface area contributed by atoms with E-state index >= 15 is 0 Å². The highest BCUT2D eigenvalue weighted by Crippen LogP contribution is 2.60. The lowest BCUT2D eigenvalue weighted by Gasteiger charge is -2.57. The maximum atomic E-state index is 14.6. The van der Waals surface area contributed by atoms with E-state index in [1.807, 2.05) is 73.7 Å². The molecule has 0 aliphatic heterocycles. The van der Waals surface area contributed by atoms with Gasteiger partial charge in [0.1, 0.15) is 12.6 Å². The Morgan fingerprint density at radius 1 is 0.837 bits per heavy atom. The van der Waals surface area contributed by atoms with Crippen LogP contribution in [0.4, 0.5) is 5.69 Å². The Kier molecular flexibility index (Phi) is 9.62. The van der Waals surface area contributed by atoms with Gasteiger partial charge in [0.2, 0.25) is 21.8 Å². The molecular weight excluding hydrogens is 631 g/mol. The second-order valence-electron chi connectivity index (χ2n) is 15.7. The summed E-state index contributed by atoms with van der Waals surface area (Å²) in [5.41, 5.74) is 4.86. The number of carbonyl (C=O) groups excluding carboxylic acids is 2. The molecule has 1 N–H and O–H groups in total. The van der Waals surface area contributed by atoms with Crippen molar-refractivity contribution in [1.29, 1.82) is 0 Å². The molecule has 5 aliphatic carbocycles. The van der Waals surface area contributed by atoms with Gasteiger partial charge in [0, 0.05) is 19.0 Å². The fourth-order valence-corrected chi connectivity index (χ4v) is 10.8. The van der Waals surface area contributed by atoms with Gasteiger partial charge >= 0.3 is 0 Å². The number of nitrogens with zero attached hydrogens (tertiary/aromatic N) is 2. The van der Waals surface area contributed by atoms with Crippen LogP contribution >= 0.6 is 0 Å². The summed E-state index contributed by atoms with van der Waals surface area (Å²) in [7, 11) is -3.82. The van der Waals surface area contributed by atoms with E-state index in [1.54, 1.807) is 4.90 Å². The highest BCUT2D eigenvalue weighted by molar-refractivity contribution is 7.92. The molecule has 0 spiro atoms. The first-order chi connectivity index (χ1) is 23.6. The largest absolute Gasteiger partial charge is 0.352 e. The van der Waals surface area contributed by atoms with Crippen molar-refractivity contribution in [3.8, 4) is 0 Å². The van der Waals surface area contributed by atoms with Gasteiger partial charge in [0.25, 0.3) is 0 Å². The summed E-state index contributed by atoms with van der Waals surface area (Å²) in [6.07, 6.45) is 13.3. The molecule has 8 rings (SSSR count). The number of sulfonamides is 1. The lowest BCUT2D eigenvalue weighted by Crippen LogP contribution is -2.54. The molecule has 5 saturated carbocycles. The minimum Gasteiger partial charge on any atom is -0.352 e. The Balaban J connectivity index is 1.19. The van der Waals surface area contributed by atoms with Crippen LogP contribution in [-0.4, -0.2) is 50.0 Å². The van der Waals surface area contributed by atoms with Gasteiger partial charge in [-0.15, -0.1) is 0 Å². The van der Waals surface area contributed by atoms with Crippen LogP contribution < -0.4 is 9.62 Å².